The third-order valence-corrected chi connectivity index (χ3v) is 3.73. The highest BCUT2D eigenvalue weighted by Crippen LogP contribution is 2.27. The van der Waals surface area contributed by atoms with Crippen molar-refractivity contribution in [2.75, 3.05) is 13.2 Å². The van der Waals surface area contributed by atoms with Crippen molar-refractivity contribution in [1.29, 1.82) is 0 Å². The molecular formula is C13H24O2. The SMILES string of the molecule is C1CCCC(CCC2OCCO2)CCC1. The predicted octanol–water partition coefficient (Wildman–Crippen LogP) is 3.50. The molecule has 0 radical (unpaired) electrons. The molecule has 2 fully saturated rings. The van der Waals surface area contributed by atoms with Gasteiger partial charge in [0.1, 0.15) is 0 Å². The average molecular weight is 212 g/mol. The summed E-state index contributed by atoms with van der Waals surface area (Å²) in [4.78, 5) is 0. The van der Waals surface area contributed by atoms with Crippen LogP contribution in [0.1, 0.15) is 57.8 Å². The van der Waals surface area contributed by atoms with Crippen LogP contribution in [0.3, 0.4) is 0 Å². The second-order valence-electron chi connectivity index (χ2n) is 4.96. The molecule has 1 saturated carbocycles. The van der Waals surface area contributed by atoms with Gasteiger partial charge in [0.2, 0.25) is 0 Å². The minimum absolute atomic E-state index is 0.121. The summed E-state index contributed by atoms with van der Waals surface area (Å²) in [7, 11) is 0. The molecule has 0 N–H and O–H groups in total. The smallest absolute Gasteiger partial charge is 0.157 e. The van der Waals surface area contributed by atoms with Crippen LogP contribution >= 0.6 is 0 Å². The maximum absolute atomic E-state index is 5.48. The Bertz CT molecular complexity index is 156. The van der Waals surface area contributed by atoms with Gasteiger partial charge in [0.15, 0.2) is 6.29 Å². The molecule has 2 nitrogen and oxygen atoms in total. The van der Waals surface area contributed by atoms with Crippen LogP contribution in [-0.4, -0.2) is 19.5 Å². The molecule has 2 aliphatic rings. The van der Waals surface area contributed by atoms with Crippen molar-refractivity contribution in [2.24, 2.45) is 5.92 Å². The molecule has 0 aromatic rings. The van der Waals surface area contributed by atoms with Crippen molar-refractivity contribution < 1.29 is 9.47 Å². The fraction of sp³-hybridized carbons (Fsp3) is 1.00. The maximum atomic E-state index is 5.48. The van der Waals surface area contributed by atoms with E-state index in [4.69, 9.17) is 9.47 Å². The molecule has 0 amide bonds. The van der Waals surface area contributed by atoms with E-state index in [1.807, 2.05) is 0 Å². The molecule has 0 bridgehead atoms. The maximum Gasteiger partial charge on any atom is 0.157 e. The molecule has 0 aromatic carbocycles. The van der Waals surface area contributed by atoms with Gasteiger partial charge >= 0.3 is 0 Å². The van der Waals surface area contributed by atoms with E-state index in [1.165, 1.54) is 51.4 Å². The van der Waals surface area contributed by atoms with Gasteiger partial charge in [-0.3, -0.25) is 0 Å². The van der Waals surface area contributed by atoms with E-state index in [0.717, 1.165) is 25.6 Å². The number of ether oxygens (including phenoxy) is 2. The monoisotopic (exact) mass is 212 g/mol. The first-order chi connectivity index (χ1) is 7.45. The Labute approximate surface area is 93.3 Å². The van der Waals surface area contributed by atoms with E-state index in [1.54, 1.807) is 0 Å². The van der Waals surface area contributed by atoms with E-state index in [-0.39, 0.29) is 6.29 Å². The molecule has 1 aliphatic carbocycles. The molecular weight excluding hydrogens is 188 g/mol. The summed E-state index contributed by atoms with van der Waals surface area (Å²) in [6, 6.07) is 0. The van der Waals surface area contributed by atoms with Gasteiger partial charge in [-0.15, -0.1) is 0 Å². The highest BCUT2D eigenvalue weighted by Gasteiger charge is 2.18. The van der Waals surface area contributed by atoms with Crippen LogP contribution in [0.5, 0.6) is 0 Å². The standard InChI is InChI=1S/C13H24O2/c1-2-4-6-12(7-5-3-1)8-9-13-14-10-11-15-13/h12-13H,1-11H2. The Morgan fingerprint density at radius 3 is 2.00 bits per heavy atom. The van der Waals surface area contributed by atoms with Crippen LogP contribution in [0.15, 0.2) is 0 Å². The molecule has 2 heteroatoms. The third kappa shape index (κ3) is 4.12. The number of hydrogen-bond donors (Lipinski definition) is 0. The number of hydrogen-bond acceptors (Lipinski definition) is 2. The summed E-state index contributed by atoms with van der Waals surface area (Å²) < 4.78 is 11.0. The van der Waals surface area contributed by atoms with Crippen LogP contribution in [0.4, 0.5) is 0 Å². The van der Waals surface area contributed by atoms with Crippen molar-refractivity contribution in [3.63, 3.8) is 0 Å². The zero-order valence-corrected chi connectivity index (χ0v) is 9.75. The minimum atomic E-state index is 0.121. The van der Waals surface area contributed by atoms with E-state index in [9.17, 15) is 0 Å². The van der Waals surface area contributed by atoms with Gasteiger partial charge < -0.3 is 9.47 Å². The third-order valence-electron chi connectivity index (χ3n) is 3.73. The molecule has 1 aliphatic heterocycles. The van der Waals surface area contributed by atoms with E-state index < -0.39 is 0 Å². The Balaban J connectivity index is 1.62. The molecule has 0 unspecified atom stereocenters. The summed E-state index contributed by atoms with van der Waals surface area (Å²) in [5, 5.41) is 0. The second kappa shape index (κ2) is 6.49. The summed E-state index contributed by atoms with van der Waals surface area (Å²) in [5.41, 5.74) is 0. The summed E-state index contributed by atoms with van der Waals surface area (Å²) in [5.74, 6) is 0.943. The Hall–Kier alpha value is -0.0800. The van der Waals surface area contributed by atoms with Crippen molar-refractivity contribution in [1.82, 2.24) is 0 Å². The van der Waals surface area contributed by atoms with Gasteiger partial charge in [-0.05, 0) is 18.8 Å². The van der Waals surface area contributed by atoms with E-state index >= 15 is 0 Å². The Kier molecular flexibility index (Phi) is 4.94. The zero-order valence-electron chi connectivity index (χ0n) is 9.75. The lowest BCUT2D eigenvalue weighted by Crippen LogP contribution is -2.11. The van der Waals surface area contributed by atoms with E-state index in [2.05, 4.69) is 0 Å². The van der Waals surface area contributed by atoms with Crippen molar-refractivity contribution in [3.8, 4) is 0 Å². The zero-order chi connectivity index (χ0) is 10.3. The molecule has 15 heavy (non-hydrogen) atoms. The molecule has 0 atom stereocenters. The van der Waals surface area contributed by atoms with Crippen molar-refractivity contribution in [2.45, 2.75) is 64.1 Å². The Morgan fingerprint density at radius 1 is 0.733 bits per heavy atom. The summed E-state index contributed by atoms with van der Waals surface area (Å²) in [6.45, 7) is 1.60. The second-order valence-corrected chi connectivity index (χ2v) is 4.96. The summed E-state index contributed by atoms with van der Waals surface area (Å²) in [6.07, 6.45) is 12.7. The molecule has 0 aromatic heterocycles. The topological polar surface area (TPSA) is 18.5 Å². The van der Waals surface area contributed by atoms with Crippen LogP contribution in [0, 0.1) is 5.92 Å². The highest BCUT2D eigenvalue weighted by molar-refractivity contribution is 4.65. The number of rotatable bonds is 3. The van der Waals surface area contributed by atoms with E-state index in [0.29, 0.717) is 0 Å². The lowest BCUT2D eigenvalue weighted by Gasteiger charge is -2.20. The first-order valence-electron chi connectivity index (χ1n) is 6.68. The molecule has 0 spiro atoms. The first-order valence-corrected chi connectivity index (χ1v) is 6.68. The fourth-order valence-corrected chi connectivity index (χ4v) is 2.78. The quantitative estimate of drug-likeness (QED) is 0.713. The summed E-state index contributed by atoms with van der Waals surface area (Å²) >= 11 is 0. The lowest BCUT2D eigenvalue weighted by molar-refractivity contribution is -0.0506. The predicted molar refractivity (Wildman–Crippen MR) is 60.7 cm³/mol. The largest absolute Gasteiger partial charge is 0.350 e. The van der Waals surface area contributed by atoms with Crippen LogP contribution < -0.4 is 0 Å². The molecule has 2 rings (SSSR count). The van der Waals surface area contributed by atoms with Crippen molar-refractivity contribution in [3.05, 3.63) is 0 Å². The van der Waals surface area contributed by atoms with Gasteiger partial charge in [-0.2, -0.15) is 0 Å². The van der Waals surface area contributed by atoms with Gasteiger partial charge in [-0.25, -0.2) is 0 Å². The lowest BCUT2D eigenvalue weighted by atomic mass is 9.88. The van der Waals surface area contributed by atoms with Gasteiger partial charge in [0, 0.05) is 0 Å². The molecule has 1 heterocycles. The van der Waals surface area contributed by atoms with Crippen LogP contribution in [0.25, 0.3) is 0 Å². The van der Waals surface area contributed by atoms with Crippen LogP contribution in [0.2, 0.25) is 0 Å². The molecule has 1 saturated heterocycles. The first kappa shape index (κ1) is 11.4. The van der Waals surface area contributed by atoms with Gasteiger partial charge in [-0.1, -0.05) is 44.9 Å². The fourth-order valence-electron chi connectivity index (χ4n) is 2.78. The average Bonchev–Trinajstić information content (AvgIpc) is 2.68. The Morgan fingerprint density at radius 2 is 1.33 bits per heavy atom. The van der Waals surface area contributed by atoms with Crippen LogP contribution in [-0.2, 0) is 9.47 Å². The van der Waals surface area contributed by atoms with Gasteiger partial charge in [0.25, 0.3) is 0 Å². The minimum Gasteiger partial charge on any atom is -0.350 e. The normalized spacial score (nSPS) is 26.4. The van der Waals surface area contributed by atoms with Crippen molar-refractivity contribution >= 4 is 0 Å². The molecule has 88 valence electrons. The van der Waals surface area contributed by atoms with Gasteiger partial charge in [0.05, 0.1) is 13.2 Å². The highest BCUT2D eigenvalue weighted by atomic mass is 16.7.